The van der Waals surface area contributed by atoms with E-state index in [9.17, 15) is 4.79 Å². The minimum Gasteiger partial charge on any atom is -0.497 e. The summed E-state index contributed by atoms with van der Waals surface area (Å²) >= 11 is 5.47. The molecule has 1 atom stereocenters. The number of amides is 1. The smallest absolute Gasteiger partial charge is 0.228 e. The molecular weight excluding hydrogens is 322 g/mol. The maximum Gasteiger partial charge on any atom is 0.228 e. The van der Waals surface area contributed by atoms with Crippen LogP contribution in [0.2, 0.25) is 0 Å². The van der Waals surface area contributed by atoms with E-state index in [1.165, 1.54) is 0 Å². The third kappa shape index (κ3) is 4.38. The number of benzene rings is 1. The van der Waals surface area contributed by atoms with Crippen molar-refractivity contribution in [3.05, 3.63) is 24.3 Å². The highest BCUT2D eigenvalue weighted by atomic mass is 32.1. The lowest BCUT2D eigenvalue weighted by molar-refractivity contribution is -0.118. The van der Waals surface area contributed by atoms with Crippen molar-refractivity contribution in [1.82, 2.24) is 10.2 Å². The van der Waals surface area contributed by atoms with Crippen molar-refractivity contribution >= 4 is 28.9 Å². The zero-order chi connectivity index (χ0) is 17.9. The van der Waals surface area contributed by atoms with E-state index >= 15 is 0 Å². The second-order valence-corrected chi connectivity index (χ2v) is 7.35. The van der Waals surface area contributed by atoms with E-state index in [0.29, 0.717) is 19.0 Å². The Morgan fingerprint density at radius 1 is 1.42 bits per heavy atom. The summed E-state index contributed by atoms with van der Waals surface area (Å²) in [5, 5.41) is 4.09. The number of carbonyl (C=O) groups excluding carboxylic acids is 1. The van der Waals surface area contributed by atoms with E-state index in [1.54, 1.807) is 19.1 Å². The number of methoxy groups -OCH3 is 1. The maximum atomic E-state index is 12.5. The molecule has 6 heteroatoms. The highest BCUT2D eigenvalue weighted by Gasteiger charge is 2.33. The van der Waals surface area contributed by atoms with Gasteiger partial charge >= 0.3 is 0 Å². The topological polar surface area (TPSA) is 44.8 Å². The molecule has 5 nitrogen and oxygen atoms in total. The van der Waals surface area contributed by atoms with Crippen molar-refractivity contribution in [1.29, 1.82) is 0 Å². The van der Waals surface area contributed by atoms with E-state index in [1.807, 2.05) is 24.3 Å². The average Bonchev–Trinajstić information content (AvgIpc) is 2.52. The maximum absolute atomic E-state index is 12.5. The summed E-state index contributed by atoms with van der Waals surface area (Å²) in [7, 11) is 3.42. The molecule has 0 unspecified atom stereocenters. The molecule has 1 aromatic carbocycles. The zero-order valence-corrected chi connectivity index (χ0v) is 15.9. The van der Waals surface area contributed by atoms with Gasteiger partial charge in [0.25, 0.3) is 0 Å². The highest BCUT2D eigenvalue weighted by Crippen LogP contribution is 2.23. The van der Waals surface area contributed by atoms with Gasteiger partial charge in [0.15, 0.2) is 5.11 Å². The fourth-order valence-electron chi connectivity index (χ4n) is 3.12. The van der Waals surface area contributed by atoms with Gasteiger partial charge in [-0.25, -0.2) is 0 Å². The number of rotatable bonds is 5. The molecule has 1 aromatic rings. The van der Waals surface area contributed by atoms with Crippen LogP contribution < -0.4 is 15.0 Å². The number of carbonyl (C=O) groups is 1. The molecule has 0 radical (unpaired) electrons. The second kappa shape index (κ2) is 7.38. The Morgan fingerprint density at radius 2 is 2.04 bits per heavy atom. The summed E-state index contributed by atoms with van der Waals surface area (Å²) in [5.41, 5.74) is 0.867. The summed E-state index contributed by atoms with van der Waals surface area (Å²) in [6.45, 7) is 7.08. The number of hydrogen-bond acceptors (Lipinski definition) is 3. The number of hydrogen-bond donors (Lipinski definition) is 1. The molecule has 0 saturated carbocycles. The van der Waals surface area contributed by atoms with Gasteiger partial charge in [-0.15, -0.1) is 0 Å². The Labute approximate surface area is 150 Å². The number of thiocarbonyl (C=S) groups is 1. The summed E-state index contributed by atoms with van der Waals surface area (Å²) in [6, 6.07) is 7.80. The fourth-order valence-corrected chi connectivity index (χ4v) is 3.66. The first-order valence-corrected chi connectivity index (χ1v) is 8.64. The molecule has 0 aliphatic carbocycles. The van der Waals surface area contributed by atoms with Crippen LogP contribution in [0.25, 0.3) is 0 Å². The van der Waals surface area contributed by atoms with Crippen molar-refractivity contribution in [2.45, 2.75) is 45.2 Å². The molecule has 2 rings (SSSR count). The van der Waals surface area contributed by atoms with Crippen LogP contribution in [-0.2, 0) is 4.79 Å². The van der Waals surface area contributed by atoms with Crippen LogP contribution in [0, 0.1) is 0 Å². The van der Waals surface area contributed by atoms with Gasteiger partial charge in [0.05, 0.1) is 7.11 Å². The summed E-state index contributed by atoms with van der Waals surface area (Å²) in [4.78, 5) is 16.3. The molecule has 0 aromatic heterocycles. The van der Waals surface area contributed by atoms with E-state index in [0.717, 1.165) is 23.0 Å². The Kier molecular flexibility index (Phi) is 5.70. The predicted molar refractivity (Wildman–Crippen MR) is 102 cm³/mol. The van der Waals surface area contributed by atoms with Gasteiger partial charge in [-0.2, -0.15) is 0 Å². The van der Waals surface area contributed by atoms with Crippen LogP contribution in [0.3, 0.4) is 0 Å². The summed E-state index contributed by atoms with van der Waals surface area (Å²) in [5.74, 6) is 0.848. The third-order valence-electron chi connectivity index (χ3n) is 4.44. The van der Waals surface area contributed by atoms with Gasteiger partial charge in [-0.3, -0.25) is 4.79 Å². The number of anilines is 1. The van der Waals surface area contributed by atoms with Gasteiger partial charge in [0, 0.05) is 37.3 Å². The lowest BCUT2D eigenvalue weighted by Gasteiger charge is -2.44. The largest absolute Gasteiger partial charge is 0.497 e. The van der Waals surface area contributed by atoms with Crippen LogP contribution in [0.15, 0.2) is 24.3 Å². The first kappa shape index (κ1) is 18.5. The summed E-state index contributed by atoms with van der Waals surface area (Å²) < 4.78 is 5.15. The van der Waals surface area contributed by atoms with Crippen LogP contribution in [0.1, 0.15) is 33.6 Å². The predicted octanol–water partition coefficient (Wildman–Crippen LogP) is 2.80. The minimum absolute atomic E-state index is 0.0108. The lowest BCUT2D eigenvalue weighted by Crippen LogP contribution is -2.60. The standard InChI is InChI=1S/C18H27N3O2S/c1-13-12-18(2,3)19-17(24)21(13)11-10-16(22)20(4)14-6-8-15(23-5)9-7-14/h6-9,13H,10-12H2,1-5H3,(H,19,24)/t13-/m0/s1. The highest BCUT2D eigenvalue weighted by molar-refractivity contribution is 7.80. The second-order valence-electron chi connectivity index (χ2n) is 6.96. The molecule has 1 N–H and O–H groups in total. The van der Waals surface area contributed by atoms with E-state index in [-0.39, 0.29) is 11.4 Å². The van der Waals surface area contributed by atoms with E-state index in [4.69, 9.17) is 17.0 Å². The quantitative estimate of drug-likeness (QED) is 0.828. The minimum atomic E-state index is 0.0108. The number of nitrogens with one attached hydrogen (secondary N) is 1. The van der Waals surface area contributed by atoms with Crippen LogP contribution >= 0.6 is 12.2 Å². The molecule has 1 aliphatic heterocycles. The zero-order valence-electron chi connectivity index (χ0n) is 15.1. The fraction of sp³-hybridized carbons (Fsp3) is 0.556. The monoisotopic (exact) mass is 349 g/mol. The van der Waals surface area contributed by atoms with Crippen LogP contribution in [-0.4, -0.2) is 48.2 Å². The Hall–Kier alpha value is -1.82. The van der Waals surface area contributed by atoms with Crippen molar-refractivity contribution in [2.24, 2.45) is 0 Å². The van der Waals surface area contributed by atoms with Crippen molar-refractivity contribution in [2.75, 3.05) is 25.6 Å². The molecular formula is C18H27N3O2S. The van der Waals surface area contributed by atoms with E-state index in [2.05, 4.69) is 31.0 Å². The summed E-state index contributed by atoms with van der Waals surface area (Å²) in [6.07, 6.45) is 1.42. The SMILES string of the molecule is COc1ccc(N(C)C(=O)CCN2C(=S)NC(C)(C)C[C@@H]2C)cc1. The molecule has 1 heterocycles. The number of ether oxygens (including phenoxy) is 1. The number of nitrogens with zero attached hydrogens (tertiary/aromatic N) is 2. The molecule has 0 bridgehead atoms. The van der Waals surface area contributed by atoms with Crippen molar-refractivity contribution in [3.8, 4) is 5.75 Å². The molecule has 132 valence electrons. The average molecular weight is 350 g/mol. The molecule has 1 aliphatic rings. The molecule has 24 heavy (non-hydrogen) atoms. The molecule has 1 saturated heterocycles. The lowest BCUT2D eigenvalue weighted by atomic mass is 9.93. The third-order valence-corrected chi connectivity index (χ3v) is 4.78. The van der Waals surface area contributed by atoms with Gasteiger partial charge < -0.3 is 19.9 Å². The molecule has 0 spiro atoms. The Balaban J connectivity index is 1.93. The first-order valence-electron chi connectivity index (χ1n) is 8.23. The first-order chi connectivity index (χ1) is 11.2. The molecule has 1 amide bonds. The van der Waals surface area contributed by atoms with Crippen molar-refractivity contribution < 1.29 is 9.53 Å². The molecule has 1 fully saturated rings. The van der Waals surface area contributed by atoms with Gasteiger partial charge in [0.1, 0.15) is 5.75 Å². The normalized spacial score (nSPS) is 19.6. The van der Waals surface area contributed by atoms with Crippen LogP contribution in [0.5, 0.6) is 5.75 Å². The van der Waals surface area contributed by atoms with E-state index < -0.39 is 0 Å². The Bertz CT molecular complexity index is 601. The van der Waals surface area contributed by atoms with Gasteiger partial charge in [0.2, 0.25) is 5.91 Å². The van der Waals surface area contributed by atoms with Crippen molar-refractivity contribution in [3.63, 3.8) is 0 Å². The van der Waals surface area contributed by atoms with Gasteiger partial charge in [-0.1, -0.05) is 0 Å². The van der Waals surface area contributed by atoms with Crippen LogP contribution in [0.4, 0.5) is 5.69 Å². The Morgan fingerprint density at radius 3 is 2.58 bits per heavy atom. The van der Waals surface area contributed by atoms with Gasteiger partial charge in [-0.05, 0) is 63.7 Å².